The predicted octanol–water partition coefficient (Wildman–Crippen LogP) is 3.52. The van der Waals surface area contributed by atoms with Crippen LogP contribution in [0.25, 0.3) is 22.2 Å². The molecule has 0 unspecified atom stereocenters. The van der Waals surface area contributed by atoms with E-state index in [4.69, 9.17) is 9.72 Å². The number of aliphatic hydroxyl groups is 1. The molecule has 2 aromatic heterocycles. The Kier molecular flexibility index (Phi) is 3.89. The van der Waals surface area contributed by atoms with Crippen LogP contribution in [0.3, 0.4) is 0 Å². The Bertz CT molecular complexity index is 1010. The molecule has 3 aromatic rings. The number of rotatable bonds is 5. The van der Waals surface area contributed by atoms with Crippen LogP contribution in [0.4, 0.5) is 0 Å². The van der Waals surface area contributed by atoms with Crippen molar-refractivity contribution in [3.05, 3.63) is 41.9 Å². The van der Waals surface area contributed by atoms with Gasteiger partial charge >= 0.3 is 0 Å². The molecule has 0 saturated heterocycles. The highest BCUT2D eigenvalue weighted by atomic mass is 16.5. The van der Waals surface area contributed by atoms with Crippen LogP contribution in [0.5, 0.6) is 5.88 Å². The maximum atomic E-state index is 9.89. The summed E-state index contributed by atoms with van der Waals surface area (Å²) in [5, 5.41) is 20.1. The third kappa shape index (κ3) is 3.14. The summed E-state index contributed by atoms with van der Waals surface area (Å²) >= 11 is 0. The highest BCUT2D eigenvalue weighted by Crippen LogP contribution is 2.43. The number of fused-ring (bicyclic) bond motifs is 1. The molecule has 1 saturated carbocycles. The number of aromatic nitrogens is 3. The largest absolute Gasteiger partial charge is 0.473 e. The molecule has 6 nitrogen and oxygen atoms in total. The van der Waals surface area contributed by atoms with Crippen LogP contribution >= 0.6 is 0 Å². The number of hydrogen-bond acceptors (Lipinski definition) is 5. The Labute approximate surface area is 151 Å². The molecule has 26 heavy (non-hydrogen) atoms. The van der Waals surface area contributed by atoms with Gasteiger partial charge in [-0.1, -0.05) is 12.1 Å². The summed E-state index contributed by atoms with van der Waals surface area (Å²) in [6.45, 7) is 3.56. The number of ether oxygens (including phenoxy) is 1. The first kappa shape index (κ1) is 16.6. The quantitative estimate of drug-likeness (QED) is 0.735. The van der Waals surface area contributed by atoms with Crippen LogP contribution in [-0.2, 0) is 0 Å². The third-order valence-electron chi connectivity index (χ3n) is 4.40. The lowest BCUT2D eigenvalue weighted by molar-refractivity contribution is 0.0263. The molecule has 0 spiro atoms. The fourth-order valence-corrected chi connectivity index (χ4v) is 2.96. The van der Waals surface area contributed by atoms with Crippen molar-refractivity contribution in [3.8, 4) is 23.2 Å². The van der Waals surface area contributed by atoms with E-state index in [0.717, 1.165) is 40.7 Å². The Balaban J connectivity index is 1.74. The first-order chi connectivity index (χ1) is 12.5. The summed E-state index contributed by atoms with van der Waals surface area (Å²) in [5.74, 6) is 0.857. The number of H-pyrrole nitrogens is 1. The van der Waals surface area contributed by atoms with Crippen LogP contribution in [0, 0.1) is 11.3 Å². The molecule has 1 aromatic carbocycles. The molecule has 1 fully saturated rings. The minimum absolute atomic E-state index is 0.166. The number of hydrogen-bond donors (Lipinski definition) is 2. The average molecular weight is 348 g/mol. The van der Waals surface area contributed by atoms with Crippen LogP contribution in [0.1, 0.15) is 43.9 Å². The lowest BCUT2D eigenvalue weighted by Gasteiger charge is -2.18. The molecule has 0 atom stereocenters. The first-order valence-corrected chi connectivity index (χ1v) is 8.69. The molecule has 1 aliphatic rings. The standard InChI is InChI=1S/C20H20N4O2/c1-20(2,25)11-26-19-18(12-6-7-12)24-16(10-23-19)15-9-22-17-13(8-21)4-3-5-14(15)17/h3-5,9-10,12,22,25H,6-7,11H2,1-2H3. The fourth-order valence-electron chi connectivity index (χ4n) is 2.96. The van der Waals surface area contributed by atoms with Crippen LogP contribution in [-0.4, -0.2) is 32.3 Å². The van der Waals surface area contributed by atoms with Crippen molar-refractivity contribution < 1.29 is 9.84 Å². The number of nitrogens with one attached hydrogen (secondary N) is 1. The highest BCUT2D eigenvalue weighted by molar-refractivity contribution is 5.97. The van der Waals surface area contributed by atoms with E-state index in [1.54, 1.807) is 26.1 Å². The van der Waals surface area contributed by atoms with Gasteiger partial charge in [-0.05, 0) is 32.8 Å². The summed E-state index contributed by atoms with van der Waals surface area (Å²) in [4.78, 5) is 12.5. The van der Waals surface area contributed by atoms with Gasteiger partial charge in [-0.25, -0.2) is 9.97 Å². The molecule has 132 valence electrons. The van der Waals surface area contributed by atoms with Crippen molar-refractivity contribution in [2.45, 2.75) is 38.2 Å². The Morgan fingerprint density at radius 1 is 1.38 bits per heavy atom. The molecule has 0 bridgehead atoms. The Morgan fingerprint density at radius 3 is 2.88 bits per heavy atom. The van der Waals surface area contributed by atoms with Crippen molar-refractivity contribution in [1.29, 1.82) is 5.26 Å². The lowest BCUT2D eigenvalue weighted by atomic mass is 10.1. The summed E-state index contributed by atoms with van der Waals surface area (Å²) in [7, 11) is 0. The SMILES string of the molecule is CC(C)(O)COc1ncc(-c2c[nH]c3c(C#N)cccc23)nc1C1CC1. The maximum absolute atomic E-state index is 9.89. The highest BCUT2D eigenvalue weighted by Gasteiger charge is 2.30. The Morgan fingerprint density at radius 2 is 2.19 bits per heavy atom. The van der Waals surface area contributed by atoms with Crippen molar-refractivity contribution in [3.63, 3.8) is 0 Å². The zero-order valence-electron chi connectivity index (χ0n) is 14.8. The van der Waals surface area contributed by atoms with E-state index in [2.05, 4.69) is 16.0 Å². The summed E-state index contributed by atoms with van der Waals surface area (Å²) < 4.78 is 5.72. The molecule has 6 heteroatoms. The zero-order valence-corrected chi connectivity index (χ0v) is 14.8. The van der Waals surface area contributed by atoms with Crippen LogP contribution in [0.15, 0.2) is 30.6 Å². The number of nitriles is 1. The lowest BCUT2D eigenvalue weighted by Crippen LogP contribution is -2.28. The van der Waals surface area contributed by atoms with Gasteiger partial charge in [0.25, 0.3) is 0 Å². The molecular weight excluding hydrogens is 328 g/mol. The second-order valence-corrected chi connectivity index (χ2v) is 7.36. The van der Waals surface area contributed by atoms with Crippen molar-refractivity contribution >= 4 is 10.9 Å². The van der Waals surface area contributed by atoms with E-state index in [-0.39, 0.29) is 6.61 Å². The number of aromatic amines is 1. The number of benzene rings is 1. The fraction of sp³-hybridized carbons (Fsp3) is 0.350. The minimum Gasteiger partial charge on any atom is -0.473 e. The molecular formula is C20H20N4O2. The van der Waals surface area contributed by atoms with Crippen molar-refractivity contribution in [2.24, 2.45) is 0 Å². The van der Waals surface area contributed by atoms with E-state index in [1.807, 2.05) is 18.3 Å². The smallest absolute Gasteiger partial charge is 0.236 e. The van der Waals surface area contributed by atoms with Crippen LogP contribution in [0.2, 0.25) is 0 Å². The van der Waals surface area contributed by atoms with Gasteiger partial charge < -0.3 is 14.8 Å². The van der Waals surface area contributed by atoms with Gasteiger partial charge in [-0.3, -0.25) is 0 Å². The summed E-state index contributed by atoms with van der Waals surface area (Å²) in [6.07, 6.45) is 5.70. The number of nitrogens with zero attached hydrogens (tertiary/aromatic N) is 3. The average Bonchev–Trinajstić information content (AvgIpc) is 3.37. The monoisotopic (exact) mass is 348 g/mol. The van der Waals surface area contributed by atoms with E-state index < -0.39 is 5.60 Å². The zero-order chi connectivity index (χ0) is 18.3. The summed E-state index contributed by atoms with van der Waals surface area (Å²) in [6, 6.07) is 7.83. The minimum atomic E-state index is -0.925. The van der Waals surface area contributed by atoms with E-state index in [0.29, 0.717) is 17.4 Å². The molecule has 0 amide bonds. The number of para-hydroxylation sites is 1. The van der Waals surface area contributed by atoms with E-state index in [1.165, 1.54) is 0 Å². The Hall–Kier alpha value is -2.91. The van der Waals surface area contributed by atoms with Crippen molar-refractivity contribution in [2.75, 3.05) is 6.61 Å². The van der Waals surface area contributed by atoms with E-state index in [9.17, 15) is 10.4 Å². The molecule has 0 radical (unpaired) electrons. The van der Waals surface area contributed by atoms with Crippen LogP contribution < -0.4 is 4.74 Å². The second-order valence-electron chi connectivity index (χ2n) is 7.36. The van der Waals surface area contributed by atoms with Gasteiger partial charge in [0.1, 0.15) is 18.4 Å². The topological polar surface area (TPSA) is 94.8 Å². The van der Waals surface area contributed by atoms with E-state index >= 15 is 0 Å². The molecule has 2 heterocycles. The molecule has 4 rings (SSSR count). The summed E-state index contributed by atoms with van der Waals surface area (Å²) in [5.41, 5.74) is 3.00. The molecule has 1 aliphatic carbocycles. The predicted molar refractivity (Wildman–Crippen MR) is 97.8 cm³/mol. The van der Waals surface area contributed by atoms with Gasteiger partial charge in [0.05, 0.1) is 28.6 Å². The normalized spacial score (nSPS) is 14.4. The second kappa shape index (κ2) is 6.11. The molecule has 2 N–H and O–H groups in total. The van der Waals surface area contributed by atoms with Crippen molar-refractivity contribution in [1.82, 2.24) is 15.0 Å². The first-order valence-electron chi connectivity index (χ1n) is 8.69. The van der Waals surface area contributed by atoms with Gasteiger partial charge in [-0.15, -0.1) is 0 Å². The third-order valence-corrected chi connectivity index (χ3v) is 4.40. The van der Waals surface area contributed by atoms with Gasteiger partial charge in [0, 0.05) is 23.1 Å². The van der Waals surface area contributed by atoms with Gasteiger partial charge in [0.15, 0.2) is 0 Å². The van der Waals surface area contributed by atoms with Gasteiger partial charge in [-0.2, -0.15) is 5.26 Å². The molecule has 0 aliphatic heterocycles. The maximum Gasteiger partial charge on any atom is 0.236 e. The van der Waals surface area contributed by atoms with Gasteiger partial charge in [0.2, 0.25) is 5.88 Å².